The molecule has 29 heavy (non-hydrogen) atoms. The average Bonchev–Trinajstić information content (AvgIpc) is 3.11. The normalized spacial score (nSPS) is 26.8. The van der Waals surface area contributed by atoms with Crippen LogP contribution >= 0.6 is 35.7 Å². The molecule has 2 aliphatic heterocycles. The van der Waals surface area contributed by atoms with Gasteiger partial charge in [-0.3, -0.25) is 14.8 Å². The fourth-order valence-electron chi connectivity index (χ4n) is 4.84. The summed E-state index contributed by atoms with van der Waals surface area (Å²) in [5.74, 6) is 3.12. The summed E-state index contributed by atoms with van der Waals surface area (Å²) >= 11 is 2.03. The Balaban J connectivity index is 0.00000300. The van der Waals surface area contributed by atoms with E-state index in [1.165, 1.54) is 48.5 Å². The van der Waals surface area contributed by atoms with Gasteiger partial charge in [0.2, 0.25) is 0 Å². The summed E-state index contributed by atoms with van der Waals surface area (Å²) in [6.45, 7) is 3.21. The number of likely N-dealkylation sites (tertiary alicyclic amines) is 1. The van der Waals surface area contributed by atoms with E-state index in [1.807, 2.05) is 11.8 Å². The van der Waals surface area contributed by atoms with Crippen LogP contribution in [0.3, 0.4) is 0 Å². The Bertz CT molecular complexity index is 522. The molecule has 3 rings (SSSR count). The Hall–Kier alpha value is 0.0600. The van der Waals surface area contributed by atoms with Crippen LogP contribution in [0.15, 0.2) is 4.99 Å². The van der Waals surface area contributed by atoms with Crippen molar-refractivity contribution >= 4 is 41.7 Å². The highest BCUT2D eigenvalue weighted by atomic mass is 127. The van der Waals surface area contributed by atoms with E-state index in [2.05, 4.69) is 20.5 Å². The lowest BCUT2D eigenvalue weighted by Crippen LogP contribution is -2.60. The van der Waals surface area contributed by atoms with Crippen molar-refractivity contribution in [3.63, 3.8) is 0 Å². The maximum absolute atomic E-state index is 12.6. The monoisotopic (exact) mass is 549 g/mol. The van der Waals surface area contributed by atoms with Gasteiger partial charge in [0.1, 0.15) is 0 Å². The van der Waals surface area contributed by atoms with Gasteiger partial charge in [0, 0.05) is 62.9 Å². The van der Waals surface area contributed by atoms with Gasteiger partial charge in [0.15, 0.2) is 5.96 Å². The minimum Gasteiger partial charge on any atom is -0.355 e. The molecule has 0 amide bonds. The molecule has 0 bridgehead atoms. The summed E-state index contributed by atoms with van der Waals surface area (Å²) in [6.07, 6.45) is 2.86. The topological polar surface area (TPSA) is 42.9 Å². The number of nitrogens with one attached hydrogen (secondary N) is 2. The summed E-state index contributed by atoms with van der Waals surface area (Å²) in [7, 11) is 1.74. The molecule has 2 N–H and O–H groups in total. The number of nitrogens with zero attached hydrogens (tertiary/aromatic N) is 3. The number of rotatable bonds is 5. The number of alkyl halides is 3. The van der Waals surface area contributed by atoms with Crippen LogP contribution in [0.5, 0.6) is 0 Å². The fourth-order valence-corrected chi connectivity index (χ4v) is 5.74. The number of thioether (sulfide) groups is 1. The second-order valence-electron chi connectivity index (χ2n) is 8.29. The predicted molar refractivity (Wildman–Crippen MR) is 126 cm³/mol. The van der Waals surface area contributed by atoms with Crippen LogP contribution in [-0.4, -0.2) is 91.3 Å². The van der Waals surface area contributed by atoms with E-state index in [0.29, 0.717) is 19.5 Å². The Morgan fingerprint density at radius 1 is 1.14 bits per heavy atom. The number of halogens is 4. The predicted octanol–water partition coefficient (Wildman–Crippen LogP) is 3.16. The Morgan fingerprint density at radius 3 is 2.45 bits per heavy atom. The molecule has 1 aliphatic carbocycles. The molecule has 5 nitrogen and oxygen atoms in total. The van der Waals surface area contributed by atoms with Crippen molar-refractivity contribution in [3.05, 3.63) is 0 Å². The standard InChI is InChI=1S/C19H34F3N5S.HI/c1-23-17(25-16-5-8-26(13-16)15-19(20,21)22)24-14-18(6-3-2-4-7-18)27-9-11-28-12-10-27;/h16H,2-15H2,1H3,(H2,23,24,25);1H. The molecule has 3 fully saturated rings. The maximum atomic E-state index is 12.6. The summed E-state index contributed by atoms with van der Waals surface area (Å²) in [5, 5.41) is 6.87. The molecule has 0 aromatic heterocycles. The van der Waals surface area contributed by atoms with E-state index in [1.54, 1.807) is 7.05 Å². The molecule has 1 unspecified atom stereocenters. The van der Waals surface area contributed by atoms with Gasteiger partial charge in [-0.05, 0) is 19.3 Å². The van der Waals surface area contributed by atoms with E-state index in [-0.39, 0.29) is 35.6 Å². The summed E-state index contributed by atoms with van der Waals surface area (Å²) < 4.78 is 37.8. The van der Waals surface area contributed by atoms with Crippen molar-refractivity contribution in [1.29, 1.82) is 0 Å². The van der Waals surface area contributed by atoms with Crippen LogP contribution in [0.25, 0.3) is 0 Å². The Kier molecular flexibility index (Phi) is 10.1. The van der Waals surface area contributed by atoms with Gasteiger partial charge < -0.3 is 10.6 Å². The van der Waals surface area contributed by atoms with E-state index in [9.17, 15) is 13.2 Å². The van der Waals surface area contributed by atoms with Crippen molar-refractivity contribution in [2.45, 2.75) is 56.3 Å². The van der Waals surface area contributed by atoms with Gasteiger partial charge >= 0.3 is 6.18 Å². The van der Waals surface area contributed by atoms with Gasteiger partial charge in [-0.1, -0.05) is 19.3 Å². The van der Waals surface area contributed by atoms with Crippen LogP contribution in [0.4, 0.5) is 13.2 Å². The van der Waals surface area contributed by atoms with Crippen LogP contribution < -0.4 is 10.6 Å². The smallest absolute Gasteiger partial charge is 0.355 e. The first-order valence-electron chi connectivity index (χ1n) is 10.5. The molecule has 170 valence electrons. The molecular weight excluding hydrogens is 514 g/mol. The number of aliphatic imine (C=N–C) groups is 1. The van der Waals surface area contributed by atoms with E-state index < -0.39 is 12.7 Å². The summed E-state index contributed by atoms with van der Waals surface area (Å²) in [5.41, 5.74) is 0.189. The second-order valence-corrected chi connectivity index (χ2v) is 9.52. The van der Waals surface area contributed by atoms with Crippen molar-refractivity contribution in [3.8, 4) is 0 Å². The summed E-state index contributed by atoms with van der Waals surface area (Å²) in [4.78, 5) is 8.48. The number of hydrogen-bond donors (Lipinski definition) is 2. The van der Waals surface area contributed by atoms with Crippen LogP contribution in [0.2, 0.25) is 0 Å². The van der Waals surface area contributed by atoms with Crippen molar-refractivity contribution < 1.29 is 13.2 Å². The molecule has 0 aromatic rings. The van der Waals surface area contributed by atoms with Gasteiger partial charge in [-0.2, -0.15) is 24.9 Å². The molecular formula is C19H35F3IN5S. The highest BCUT2D eigenvalue weighted by molar-refractivity contribution is 14.0. The lowest BCUT2D eigenvalue weighted by molar-refractivity contribution is -0.143. The maximum Gasteiger partial charge on any atom is 0.401 e. The van der Waals surface area contributed by atoms with Gasteiger partial charge in [0.25, 0.3) is 0 Å². The van der Waals surface area contributed by atoms with E-state index in [4.69, 9.17) is 0 Å². The minimum absolute atomic E-state index is 0. The Labute approximate surface area is 194 Å². The molecule has 2 heterocycles. The highest BCUT2D eigenvalue weighted by Crippen LogP contribution is 2.34. The summed E-state index contributed by atoms with van der Waals surface area (Å²) in [6, 6.07) is 0.0160. The second kappa shape index (κ2) is 11.6. The lowest BCUT2D eigenvalue weighted by Gasteiger charge is -2.48. The SMILES string of the molecule is CN=C(NCC1(N2CCSCC2)CCCCC1)NC1CCN(CC(F)(F)F)C1.I. The third kappa shape index (κ3) is 7.60. The fraction of sp³-hybridized carbons (Fsp3) is 0.947. The molecule has 2 saturated heterocycles. The third-order valence-electron chi connectivity index (χ3n) is 6.29. The van der Waals surface area contributed by atoms with Gasteiger partial charge in [-0.15, -0.1) is 24.0 Å². The number of guanidine groups is 1. The van der Waals surface area contributed by atoms with Crippen molar-refractivity contribution in [2.24, 2.45) is 4.99 Å². The quantitative estimate of drug-likeness (QED) is 0.314. The Morgan fingerprint density at radius 2 is 1.83 bits per heavy atom. The van der Waals surface area contributed by atoms with Gasteiger partial charge in [0.05, 0.1) is 6.54 Å². The molecule has 0 radical (unpaired) electrons. The molecule has 10 heteroatoms. The molecule has 0 aromatic carbocycles. The number of hydrogen-bond acceptors (Lipinski definition) is 4. The third-order valence-corrected chi connectivity index (χ3v) is 7.23. The van der Waals surface area contributed by atoms with Gasteiger partial charge in [-0.25, -0.2) is 0 Å². The lowest BCUT2D eigenvalue weighted by atomic mass is 9.80. The van der Waals surface area contributed by atoms with Crippen molar-refractivity contribution in [1.82, 2.24) is 20.4 Å². The minimum atomic E-state index is -4.13. The molecule has 1 atom stereocenters. The first kappa shape index (κ1) is 25.3. The zero-order valence-corrected chi connectivity index (χ0v) is 20.4. The highest BCUT2D eigenvalue weighted by Gasteiger charge is 2.39. The first-order chi connectivity index (χ1) is 13.4. The molecule has 0 spiro atoms. The van der Waals surface area contributed by atoms with Crippen LogP contribution in [0.1, 0.15) is 38.5 Å². The van der Waals surface area contributed by atoms with Crippen molar-refractivity contribution in [2.75, 3.05) is 57.8 Å². The van der Waals surface area contributed by atoms with E-state index in [0.717, 1.165) is 25.6 Å². The molecule has 3 aliphatic rings. The first-order valence-corrected chi connectivity index (χ1v) is 11.6. The van der Waals surface area contributed by atoms with E-state index >= 15 is 0 Å². The zero-order valence-electron chi connectivity index (χ0n) is 17.3. The molecule has 1 saturated carbocycles. The largest absolute Gasteiger partial charge is 0.401 e. The zero-order chi connectivity index (χ0) is 20.0. The van der Waals surface area contributed by atoms with Crippen LogP contribution in [0, 0.1) is 0 Å². The van der Waals surface area contributed by atoms with Crippen LogP contribution in [-0.2, 0) is 0 Å². The average molecular weight is 549 g/mol.